The molecule has 0 spiro atoms. The third-order valence-electron chi connectivity index (χ3n) is 4.85. The number of hydrogen-bond acceptors (Lipinski definition) is 4. The van der Waals surface area contributed by atoms with Crippen LogP contribution in [0.1, 0.15) is 23.2 Å². The quantitative estimate of drug-likeness (QED) is 0.908. The molecule has 1 aromatic heterocycles. The number of amides is 1. The molecule has 3 unspecified atom stereocenters. The first-order valence-electron chi connectivity index (χ1n) is 7.97. The Hall–Kier alpha value is -1.70. The predicted molar refractivity (Wildman–Crippen MR) is 92.4 cm³/mol. The number of benzene rings is 1. The fraction of sp³-hybridized carbons (Fsp3) is 0.353. The van der Waals surface area contributed by atoms with E-state index in [2.05, 4.69) is 5.32 Å². The normalized spacial score (nSPS) is 26.6. The number of piperidine rings is 1. The maximum absolute atomic E-state index is 12.8. The third kappa shape index (κ3) is 2.66. The minimum absolute atomic E-state index is 0.119. The fourth-order valence-corrected chi connectivity index (χ4v) is 6.64. The van der Waals surface area contributed by atoms with Gasteiger partial charge >= 0.3 is 0 Å². The molecule has 2 bridgehead atoms. The Labute approximate surface area is 145 Å². The summed E-state index contributed by atoms with van der Waals surface area (Å²) in [6, 6.07) is 12.2. The molecule has 2 heterocycles. The van der Waals surface area contributed by atoms with Gasteiger partial charge in [-0.1, -0.05) is 24.3 Å². The topological polar surface area (TPSA) is 66.5 Å². The molecule has 5 nitrogen and oxygen atoms in total. The summed E-state index contributed by atoms with van der Waals surface area (Å²) in [5.74, 6) is 0.187. The second kappa shape index (κ2) is 5.98. The summed E-state index contributed by atoms with van der Waals surface area (Å²) >= 11 is 1.24. The van der Waals surface area contributed by atoms with E-state index in [1.165, 1.54) is 11.3 Å². The van der Waals surface area contributed by atoms with Gasteiger partial charge in [0, 0.05) is 24.2 Å². The minimum Gasteiger partial charge on any atom is -0.348 e. The Bertz CT molecular complexity index is 834. The van der Waals surface area contributed by atoms with Gasteiger partial charge in [-0.05, 0) is 42.3 Å². The van der Waals surface area contributed by atoms with Crippen molar-refractivity contribution in [1.29, 1.82) is 0 Å². The van der Waals surface area contributed by atoms with Crippen LogP contribution in [0, 0.1) is 5.92 Å². The van der Waals surface area contributed by atoms with E-state index in [-0.39, 0.29) is 18.0 Å². The molecule has 1 aliphatic heterocycles. The van der Waals surface area contributed by atoms with Crippen LogP contribution in [0.5, 0.6) is 0 Å². The van der Waals surface area contributed by atoms with Crippen LogP contribution < -0.4 is 5.32 Å². The smallest absolute Gasteiger partial charge is 0.252 e. The number of hydrogen-bond donors (Lipinski definition) is 1. The summed E-state index contributed by atoms with van der Waals surface area (Å²) in [5, 5.41) is 4.81. The zero-order valence-corrected chi connectivity index (χ0v) is 14.6. The lowest BCUT2D eigenvalue weighted by Gasteiger charge is -2.32. The lowest BCUT2D eigenvalue weighted by atomic mass is 10.1. The molecule has 126 valence electrons. The van der Waals surface area contributed by atoms with Crippen molar-refractivity contribution in [2.24, 2.45) is 5.92 Å². The molecule has 1 saturated carbocycles. The molecule has 3 atom stereocenters. The van der Waals surface area contributed by atoms with E-state index in [0.29, 0.717) is 22.2 Å². The van der Waals surface area contributed by atoms with Crippen molar-refractivity contribution in [1.82, 2.24) is 9.62 Å². The van der Waals surface area contributed by atoms with Crippen LogP contribution in [-0.2, 0) is 10.0 Å². The van der Waals surface area contributed by atoms with Crippen molar-refractivity contribution in [2.75, 3.05) is 6.54 Å². The van der Waals surface area contributed by atoms with Gasteiger partial charge in [-0.3, -0.25) is 4.79 Å². The molecule has 1 amide bonds. The number of nitrogens with one attached hydrogen (secondary N) is 1. The largest absolute Gasteiger partial charge is 0.348 e. The summed E-state index contributed by atoms with van der Waals surface area (Å²) in [5.41, 5.74) is 0.605. The second-order valence-electron chi connectivity index (χ2n) is 6.36. The van der Waals surface area contributed by atoms with E-state index in [1.54, 1.807) is 34.0 Å². The van der Waals surface area contributed by atoms with Crippen molar-refractivity contribution >= 4 is 27.3 Å². The van der Waals surface area contributed by atoms with Crippen LogP contribution in [0.4, 0.5) is 0 Å². The molecule has 7 heteroatoms. The van der Waals surface area contributed by atoms with Crippen LogP contribution in [0.25, 0.3) is 0 Å². The first-order chi connectivity index (χ1) is 11.6. The van der Waals surface area contributed by atoms with Crippen molar-refractivity contribution in [3.05, 3.63) is 53.4 Å². The molecular formula is C17H18N2O3S2. The number of rotatable bonds is 4. The Morgan fingerprint density at radius 2 is 1.92 bits per heavy atom. The van der Waals surface area contributed by atoms with Crippen LogP contribution in [0.2, 0.25) is 0 Å². The molecule has 1 aromatic carbocycles. The first-order valence-corrected chi connectivity index (χ1v) is 10.3. The highest BCUT2D eigenvalue weighted by Crippen LogP contribution is 2.41. The first kappa shape index (κ1) is 15.8. The monoisotopic (exact) mass is 362 g/mol. The summed E-state index contributed by atoms with van der Waals surface area (Å²) in [7, 11) is -3.46. The van der Waals surface area contributed by atoms with Crippen LogP contribution in [0.3, 0.4) is 0 Å². The molecule has 0 radical (unpaired) electrons. The van der Waals surface area contributed by atoms with E-state index in [0.717, 1.165) is 12.8 Å². The van der Waals surface area contributed by atoms with Gasteiger partial charge in [0.2, 0.25) is 0 Å². The molecule has 1 aliphatic carbocycles. The van der Waals surface area contributed by atoms with Crippen molar-refractivity contribution in [3.8, 4) is 0 Å². The van der Waals surface area contributed by atoms with E-state index < -0.39 is 10.0 Å². The highest BCUT2D eigenvalue weighted by molar-refractivity contribution is 7.91. The summed E-state index contributed by atoms with van der Waals surface area (Å²) in [4.78, 5) is 12.4. The predicted octanol–water partition coefficient (Wildman–Crippen LogP) is 2.33. The zero-order chi connectivity index (χ0) is 16.7. The molecule has 24 heavy (non-hydrogen) atoms. The molecule has 2 aromatic rings. The van der Waals surface area contributed by atoms with Crippen molar-refractivity contribution in [2.45, 2.75) is 29.1 Å². The summed E-state index contributed by atoms with van der Waals surface area (Å²) < 4.78 is 27.6. The SMILES string of the molecule is O=C(NC1CC2CC1N(S(=O)(=O)c1cccs1)C2)c1ccccc1. The van der Waals surface area contributed by atoms with E-state index in [1.807, 2.05) is 18.2 Å². The highest BCUT2D eigenvalue weighted by atomic mass is 32.2. The van der Waals surface area contributed by atoms with Gasteiger partial charge < -0.3 is 5.32 Å². The van der Waals surface area contributed by atoms with Crippen LogP contribution in [0.15, 0.2) is 52.1 Å². The summed E-state index contributed by atoms with van der Waals surface area (Å²) in [6.07, 6.45) is 1.67. The number of thiophene rings is 1. The van der Waals surface area contributed by atoms with E-state index in [4.69, 9.17) is 0 Å². The van der Waals surface area contributed by atoms with Gasteiger partial charge in [0.05, 0.1) is 0 Å². The molecule has 1 saturated heterocycles. The Balaban J connectivity index is 1.53. The van der Waals surface area contributed by atoms with Crippen molar-refractivity contribution in [3.63, 3.8) is 0 Å². The lowest BCUT2D eigenvalue weighted by molar-refractivity contribution is 0.0917. The fourth-order valence-electron chi connectivity index (χ4n) is 3.77. The molecule has 4 rings (SSSR count). The number of nitrogens with zero attached hydrogens (tertiary/aromatic N) is 1. The zero-order valence-electron chi connectivity index (χ0n) is 13.0. The maximum Gasteiger partial charge on any atom is 0.252 e. The number of carbonyl (C=O) groups is 1. The lowest BCUT2D eigenvalue weighted by Crippen LogP contribution is -2.51. The van der Waals surface area contributed by atoms with Gasteiger partial charge in [0.1, 0.15) is 4.21 Å². The van der Waals surface area contributed by atoms with Crippen molar-refractivity contribution < 1.29 is 13.2 Å². The average Bonchev–Trinajstić information content (AvgIpc) is 3.32. The van der Waals surface area contributed by atoms with Crippen LogP contribution >= 0.6 is 11.3 Å². The summed E-state index contributed by atoms with van der Waals surface area (Å²) in [6.45, 7) is 0.558. The molecule has 1 N–H and O–H groups in total. The van der Waals surface area contributed by atoms with Gasteiger partial charge in [-0.25, -0.2) is 8.42 Å². The van der Waals surface area contributed by atoms with Gasteiger partial charge in [0.25, 0.3) is 15.9 Å². The van der Waals surface area contributed by atoms with Gasteiger partial charge in [0.15, 0.2) is 0 Å². The standard InChI is InChI=1S/C17H18N2O3S2/c20-17(13-5-2-1-3-6-13)18-14-9-12-10-15(14)19(11-12)24(21,22)16-7-4-8-23-16/h1-8,12,14-15H,9-11H2,(H,18,20). The minimum atomic E-state index is -3.46. The number of fused-ring (bicyclic) bond motifs is 2. The Morgan fingerprint density at radius 1 is 1.12 bits per heavy atom. The van der Waals surface area contributed by atoms with E-state index in [9.17, 15) is 13.2 Å². The number of carbonyl (C=O) groups excluding carboxylic acids is 1. The van der Waals surface area contributed by atoms with Gasteiger partial charge in [-0.2, -0.15) is 4.31 Å². The third-order valence-corrected chi connectivity index (χ3v) is 8.11. The molecular weight excluding hydrogens is 344 g/mol. The maximum atomic E-state index is 12.8. The van der Waals surface area contributed by atoms with E-state index >= 15 is 0 Å². The van der Waals surface area contributed by atoms with Crippen LogP contribution in [-0.4, -0.2) is 37.3 Å². The Kier molecular flexibility index (Phi) is 3.94. The molecule has 2 fully saturated rings. The average molecular weight is 362 g/mol. The van der Waals surface area contributed by atoms with Gasteiger partial charge in [-0.15, -0.1) is 11.3 Å². The number of sulfonamides is 1. The highest BCUT2D eigenvalue weighted by Gasteiger charge is 2.50. The molecule has 2 aliphatic rings. The Morgan fingerprint density at radius 3 is 2.58 bits per heavy atom. The second-order valence-corrected chi connectivity index (χ2v) is 9.42.